The van der Waals surface area contributed by atoms with Crippen LogP contribution in [0.2, 0.25) is 0 Å². The topological polar surface area (TPSA) is 68.5 Å². The summed E-state index contributed by atoms with van der Waals surface area (Å²) >= 11 is 0. The number of hydrogen-bond donors (Lipinski definition) is 1. The average molecular weight is 454 g/mol. The van der Waals surface area contributed by atoms with Crippen molar-refractivity contribution < 1.29 is 18.7 Å². The van der Waals surface area contributed by atoms with Crippen LogP contribution in [-0.2, 0) is 4.74 Å². The molecule has 0 aliphatic rings. The molecule has 0 aliphatic heterocycles. The molecule has 4 aromatic rings. The number of nitrogens with one attached hydrogen (secondary N) is 1. The Kier molecular flexibility index (Phi) is 6.37. The van der Waals surface area contributed by atoms with Gasteiger partial charge in [0.05, 0.1) is 23.8 Å². The summed E-state index contributed by atoms with van der Waals surface area (Å²) in [6, 6.07) is 22.6. The second-order valence-corrected chi connectivity index (χ2v) is 9.12. The van der Waals surface area contributed by atoms with Crippen molar-refractivity contribution in [1.82, 2.24) is 0 Å². The quantitative estimate of drug-likeness (QED) is 0.326. The largest absolute Gasteiger partial charge is 0.472 e. The Morgan fingerprint density at radius 1 is 0.794 bits per heavy atom. The molecule has 5 heteroatoms. The number of benzene rings is 3. The molecule has 0 radical (unpaired) electrons. The second kappa shape index (κ2) is 9.40. The first kappa shape index (κ1) is 23.1. The smallest absolute Gasteiger partial charge is 0.340 e. The zero-order chi connectivity index (χ0) is 24.3. The van der Waals surface area contributed by atoms with Crippen molar-refractivity contribution in [3.05, 3.63) is 102 Å². The van der Waals surface area contributed by atoms with Gasteiger partial charge in [-0.15, -0.1) is 0 Å². The van der Waals surface area contributed by atoms with E-state index >= 15 is 0 Å². The van der Waals surface area contributed by atoms with Crippen LogP contribution in [0, 0.1) is 6.92 Å². The predicted octanol–water partition coefficient (Wildman–Crippen LogP) is 7.13. The third kappa shape index (κ3) is 5.26. The van der Waals surface area contributed by atoms with Gasteiger partial charge in [-0.3, -0.25) is 4.79 Å². The van der Waals surface area contributed by atoms with E-state index in [9.17, 15) is 9.59 Å². The predicted molar refractivity (Wildman–Crippen MR) is 134 cm³/mol. The minimum absolute atomic E-state index is 0.300. The number of amides is 1. The Labute approximate surface area is 199 Å². The Balaban J connectivity index is 1.68. The molecule has 1 amide bonds. The van der Waals surface area contributed by atoms with Crippen LogP contribution >= 0.6 is 0 Å². The molecule has 1 heterocycles. The lowest BCUT2D eigenvalue weighted by atomic mass is 10.00. The molecule has 0 fully saturated rings. The van der Waals surface area contributed by atoms with Crippen LogP contribution in [0.25, 0.3) is 22.3 Å². The van der Waals surface area contributed by atoms with Gasteiger partial charge in [0.2, 0.25) is 0 Å². The fourth-order valence-corrected chi connectivity index (χ4v) is 3.69. The SMILES string of the molecule is Cc1cc(-c2ccoc2)ccc1C(=O)Nc1cc(-c2ccccc2)ccc1C(=O)OC(C)(C)C. The van der Waals surface area contributed by atoms with Crippen LogP contribution in [0.4, 0.5) is 5.69 Å². The highest BCUT2D eigenvalue weighted by Crippen LogP contribution is 2.29. The van der Waals surface area contributed by atoms with Crippen LogP contribution < -0.4 is 5.32 Å². The van der Waals surface area contributed by atoms with Crippen molar-refractivity contribution in [2.45, 2.75) is 33.3 Å². The Hall–Kier alpha value is -4.12. The number of anilines is 1. The lowest BCUT2D eigenvalue weighted by Gasteiger charge is -2.21. The number of carbonyl (C=O) groups is 2. The number of ether oxygens (including phenoxy) is 1. The van der Waals surface area contributed by atoms with Crippen molar-refractivity contribution in [1.29, 1.82) is 0 Å². The number of rotatable bonds is 5. The van der Waals surface area contributed by atoms with Crippen LogP contribution in [0.5, 0.6) is 0 Å². The molecule has 0 atom stereocenters. The number of furan rings is 1. The van der Waals surface area contributed by atoms with Crippen LogP contribution in [0.3, 0.4) is 0 Å². The molecule has 5 nitrogen and oxygen atoms in total. The molecule has 34 heavy (non-hydrogen) atoms. The molecule has 1 aromatic heterocycles. The molecule has 0 bridgehead atoms. The lowest BCUT2D eigenvalue weighted by molar-refractivity contribution is 0.00708. The van der Waals surface area contributed by atoms with Gasteiger partial charge in [-0.1, -0.05) is 48.5 Å². The fraction of sp³-hybridized carbons (Fsp3) is 0.172. The van der Waals surface area contributed by atoms with Crippen molar-refractivity contribution in [2.75, 3.05) is 5.32 Å². The summed E-state index contributed by atoms with van der Waals surface area (Å²) < 4.78 is 10.7. The van der Waals surface area contributed by atoms with Gasteiger partial charge < -0.3 is 14.5 Å². The zero-order valence-corrected chi connectivity index (χ0v) is 19.7. The van der Waals surface area contributed by atoms with E-state index in [1.54, 1.807) is 24.7 Å². The summed E-state index contributed by atoms with van der Waals surface area (Å²) in [4.78, 5) is 26.2. The summed E-state index contributed by atoms with van der Waals surface area (Å²) in [5, 5.41) is 2.94. The third-order valence-corrected chi connectivity index (χ3v) is 5.32. The van der Waals surface area contributed by atoms with E-state index in [1.165, 1.54) is 0 Å². The molecule has 0 saturated carbocycles. The molecule has 172 valence electrons. The third-order valence-electron chi connectivity index (χ3n) is 5.32. The van der Waals surface area contributed by atoms with Gasteiger partial charge in [0.1, 0.15) is 5.60 Å². The molecule has 0 spiro atoms. The monoisotopic (exact) mass is 453 g/mol. The van der Waals surface area contributed by atoms with E-state index in [-0.39, 0.29) is 5.91 Å². The van der Waals surface area contributed by atoms with Crippen LogP contribution in [0.1, 0.15) is 47.1 Å². The molecular formula is C29H27NO4. The Bertz CT molecular complexity index is 1320. The van der Waals surface area contributed by atoms with Gasteiger partial charge in [0, 0.05) is 11.1 Å². The maximum atomic E-state index is 13.3. The number of hydrogen-bond acceptors (Lipinski definition) is 4. The zero-order valence-electron chi connectivity index (χ0n) is 19.7. The Morgan fingerprint density at radius 3 is 2.09 bits per heavy atom. The maximum Gasteiger partial charge on any atom is 0.340 e. The number of aryl methyl sites for hydroxylation is 1. The van der Waals surface area contributed by atoms with Gasteiger partial charge in [-0.05, 0) is 74.2 Å². The van der Waals surface area contributed by atoms with Gasteiger partial charge in [0.15, 0.2) is 0 Å². The molecule has 4 rings (SSSR count). The molecule has 0 unspecified atom stereocenters. The van der Waals surface area contributed by atoms with Gasteiger partial charge in [-0.2, -0.15) is 0 Å². The van der Waals surface area contributed by atoms with Gasteiger partial charge in [0.25, 0.3) is 5.91 Å². The van der Waals surface area contributed by atoms with Gasteiger partial charge in [-0.25, -0.2) is 4.79 Å². The molecular weight excluding hydrogens is 426 g/mol. The lowest BCUT2D eigenvalue weighted by Crippen LogP contribution is -2.25. The van der Waals surface area contributed by atoms with E-state index in [2.05, 4.69) is 5.32 Å². The Morgan fingerprint density at radius 2 is 1.47 bits per heavy atom. The number of esters is 1. The fourth-order valence-electron chi connectivity index (χ4n) is 3.69. The molecule has 3 aromatic carbocycles. The first-order valence-electron chi connectivity index (χ1n) is 11.1. The van der Waals surface area contributed by atoms with Crippen molar-refractivity contribution in [3.8, 4) is 22.3 Å². The van der Waals surface area contributed by atoms with Crippen LogP contribution in [-0.4, -0.2) is 17.5 Å². The van der Waals surface area contributed by atoms with Crippen molar-refractivity contribution in [2.24, 2.45) is 0 Å². The first-order chi connectivity index (χ1) is 16.2. The number of carbonyl (C=O) groups excluding carboxylic acids is 2. The standard InChI is InChI=1S/C29H27NO4/c1-19-16-21(23-14-15-33-18-23)10-12-24(19)27(31)30-26-17-22(20-8-6-5-7-9-20)11-13-25(26)28(32)34-29(2,3)4/h5-18H,1-4H3,(H,30,31). The van der Waals surface area contributed by atoms with Crippen molar-refractivity contribution in [3.63, 3.8) is 0 Å². The summed E-state index contributed by atoms with van der Waals surface area (Å²) in [6.45, 7) is 7.32. The first-order valence-corrected chi connectivity index (χ1v) is 11.1. The van der Waals surface area contributed by atoms with E-state index < -0.39 is 11.6 Å². The van der Waals surface area contributed by atoms with Crippen molar-refractivity contribution >= 4 is 17.6 Å². The highest BCUT2D eigenvalue weighted by atomic mass is 16.6. The summed E-state index contributed by atoms with van der Waals surface area (Å²) in [5.41, 5.74) is 5.15. The van der Waals surface area contributed by atoms with E-state index in [1.807, 2.05) is 88.4 Å². The van der Waals surface area contributed by atoms with E-state index in [4.69, 9.17) is 9.15 Å². The van der Waals surface area contributed by atoms with E-state index in [0.717, 1.165) is 27.8 Å². The highest BCUT2D eigenvalue weighted by Gasteiger charge is 2.22. The highest BCUT2D eigenvalue weighted by molar-refractivity contribution is 6.09. The van der Waals surface area contributed by atoms with Gasteiger partial charge >= 0.3 is 5.97 Å². The summed E-state index contributed by atoms with van der Waals surface area (Å²) in [6.07, 6.45) is 3.28. The summed E-state index contributed by atoms with van der Waals surface area (Å²) in [5.74, 6) is -0.791. The summed E-state index contributed by atoms with van der Waals surface area (Å²) in [7, 11) is 0. The minimum Gasteiger partial charge on any atom is -0.472 e. The normalized spacial score (nSPS) is 11.2. The van der Waals surface area contributed by atoms with E-state index in [0.29, 0.717) is 16.8 Å². The van der Waals surface area contributed by atoms with Crippen LogP contribution in [0.15, 0.2) is 89.7 Å². The minimum atomic E-state index is -0.657. The molecule has 0 aliphatic carbocycles. The molecule has 1 N–H and O–H groups in total. The maximum absolute atomic E-state index is 13.3. The molecule has 0 saturated heterocycles. The average Bonchev–Trinajstić information content (AvgIpc) is 3.33. The second-order valence-electron chi connectivity index (χ2n) is 9.12.